The summed E-state index contributed by atoms with van der Waals surface area (Å²) in [5, 5.41) is 8.15. The van der Waals surface area contributed by atoms with Crippen molar-refractivity contribution in [2.24, 2.45) is 23.7 Å². The van der Waals surface area contributed by atoms with Gasteiger partial charge >= 0.3 is 0 Å². The van der Waals surface area contributed by atoms with Gasteiger partial charge in [0.15, 0.2) is 0 Å². The monoisotopic (exact) mass is 391 g/mol. The van der Waals surface area contributed by atoms with Crippen molar-refractivity contribution in [3.8, 4) is 5.69 Å². The van der Waals surface area contributed by atoms with Gasteiger partial charge in [0.1, 0.15) is 0 Å². The summed E-state index contributed by atoms with van der Waals surface area (Å²) in [5.74, 6) is 3.26. The molecule has 4 nitrogen and oxygen atoms in total. The van der Waals surface area contributed by atoms with E-state index in [0.29, 0.717) is 17.9 Å². The minimum atomic E-state index is -0.185. The molecular formula is C25H33N3O. The lowest BCUT2D eigenvalue weighted by Crippen LogP contribution is -2.55. The molecule has 1 aromatic carbocycles. The predicted octanol–water partition coefficient (Wildman–Crippen LogP) is 5.03. The van der Waals surface area contributed by atoms with Gasteiger partial charge < -0.3 is 5.32 Å². The van der Waals surface area contributed by atoms with E-state index in [1.54, 1.807) is 6.20 Å². The molecule has 0 spiro atoms. The first kappa shape index (κ1) is 18.9. The van der Waals surface area contributed by atoms with Gasteiger partial charge in [0.25, 0.3) is 5.91 Å². The fourth-order valence-corrected chi connectivity index (χ4v) is 6.61. The summed E-state index contributed by atoms with van der Waals surface area (Å²) in [6.07, 6.45) is 8.46. The van der Waals surface area contributed by atoms with Gasteiger partial charge in [-0.3, -0.25) is 4.79 Å². The minimum absolute atomic E-state index is 0.0623. The van der Waals surface area contributed by atoms with E-state index < -0.39 is 0 Å². The third-order valence-corrected chi connectivity index (χ3v) is 7.59. The van der Waals surface area contributed by atoms with E-state index in [-0.39, 0.29) is 11.3 Å². The molecule has 1 amide bonds. The molecule has 0 radical (unpaired) electrons. The first-order valence-corrected chi connectivity index (χ1v) is 11.3. The summed E-state index contributed by atoms with van der Waals surface area (Å²) in [6.45, 7) is 8.59. The minimum Gasteiger partial charge on any atom is -0.349 e. The van der Waals surface area contributed by atoms with E-state index in [4.69, 9.17) is 0 Å². The summed E-state index contributed by atoms with van der Waals surface area (Å²) in [7, 11) is 0. The average Bonchev–Trinajstić information content (AvgIpc) is 3.10. The van der Waals surface area contributed by atoms with Crippen LogP contribution < -0.4 is 5.32 Å². The number of aromatic nitrogens is 2. The highest BCUT2D eigenvalue weighted by atomic mass is 16.1. The van der Waals surface area contributed by atoms with Crippen LogP contribution in [0.25, 0.3) is 5.69 Å². The molecule has 4 aliphatic rings. The Morgan fingerprint density at radius 3 is 2.24 bits per heavy atom. The summed E-state index contributed by atoms with van der Waals surface area (Å²) in [4.78, 5) is 13.5. The van der Waals surface area contributed by atoms with Crippen LogP contribution in [0.2, 0.25) is 0 Å². The second kappa shape index (κ2) is 6.72. The number of hydrogen-bond donors (Lipinski definition) is 1. The largest absolute Gasteiger partial charge is 0.349 e. The van der Waals surface area contributed by atoms with Crippen molar-refractivity contribution in [3.63, 3.8) is 0 Å². The lowest BCUT2D eigenvalue weighted by molar-refractivity contribution is -0.0119. The van der Waals surface area contributed by atoms with Crippen molar-refractivity contribution in [3.05, 3.63) is 47.3 Å². The zero-order chi connectivity index (χ0) is 20.3. The van der Waals surface area contributed by atoms with Gasteiger partial charge in [-0.1, -0.05) is 39.0 Å². The van der Waals surface area contributed by atoms with Crippen LogP contribution in [0.5, 0.6) is 0 Å². The third-order valence-electron chi connectivity index (χ3n) is 7.59. The van der Waals surface area contributed by atoms with Crippen LogP contribution >= 0.6 is 0 Å². The average molecular weight is 392 g/mol. The SMILES string of the molecule is Cc1ccccc1-n1ncc(C(=O)NC2C3CC4CC(C3)CC2C4)c1C(C)(C)C. The van der Waals surface area contributed by atoms with Crippen LogP contribution in [0.3, 0.4) is 0 Å². The van der Waals surface area contributed by atoms with Gasteiger partial charge in [0, 0.05) is 11.5 Å². The number of nitrogens with zero attached hydrogens (tertiary/aromatic N) is 2. The van der Waals surface area contributed by atoms with Gasteiger partial charge in [-0.25, -0.2) is 4.68 Å². The van der Waals surface area contributed by atoms with Crippen molar-refractivity contribution in [1.29, 1.82) is 0 Å². The van der Waals surface area contributed by atoms with E-state index in [0.717, 1.165) is 34.3 Å². The molecule has 1 aromatic heterocycles. The maximum absolute atomic E-state index is 13.5. The number of carbonyl (C=O) groups excluding carboxylic acids is 1. The molecule has 0 unspecified atom stereocenters. The Morgan fingerprint density at radius 2 is 1.66 bits per heavy atom. The molecule has 0 saturated heterocycles. The normalized spacial score (nSPS) is 30.6. The lowest BCUT2D eigenvalue weighted by Gasteiger charge is -2.54. The first-order chi connectivity index (χ1) is 13.8. The maximum atomic E-state index is 13.5. The molecule has 4 heteroatoms. The highest BCUT2D eigenvalue weighted by Gasteiger charge is 2.48. The molecule has 29 heavy (non-hydrogen) atoms. The zero-order valence-corrected chi connectivity index (χ0v) is 18.1. The Balaban J connectivity index is 1.47. The molecular weight excluding hydrogens is 358 g/mol. The molecule has 0 aliphatic heterocycles. The molecule has 4 saturated carbocycles. The quantitative estimate of drug-likeness (QED) is 0.797. The number of aryl methyl sites for hydroxylation is 1. The first-order valence-electron chi connectivity index (χ1n) is 11.3. The van der Waals surface area contributed by atoms with Gasteiger partial charge in [-0.2, -0.15) is 5.10 Å². The smallest absolute Gasteiger partial charge is 0.255 e. The number of para-hydroxylation sites is 1. The highest BCUT2D eigenvalue weighted by molar-refractivity contribution is 5.96. The number of carbonyl (C=O) groups is 1. The second-order valence-corrected chi connectivity index (χ2v) is 10.8. The van der Waals surface area contributed by atoms with Crippen molar-refractivity contribution >= 4 is 5.91 Å². The van der Waals surface area contributed by atoms with Crippen LogP contribution in [0.1, 0.15) is 74.5 Å². The number of nitrogens with one attached hydrogen (secondary N) is 1. The summed E-state index contributed by atoms with van der Waals surface area (Å²) >= 11 is 0. The molecule has 4 bridgehead atoms. The Labute approximate surface area is 174 Å². The topological polar surface area (TPSA) is 46.9 Å². The Kier molecular flexibility index (Phi) is 4.38. The van der Waals surface area contributed by atoms with E-state index in [9.17, 15) is 4.79 Å². The third kappa shape index (κ3) is 3.21. The van der Waals surface area contributed by atoms with Crippen molar-refractivity contribution in [1.82, 2.24) is 15.1 Å². The Bertz CT molecular complexity index is 908. The van der Waals surface area contributed by atoms with E-state index in [1.165, 1.54) is 32.1 Å². The molecule has 1 N–H and O–H groups in total. The molecule has 4 aliphatic carbocycles. The maximum Gasteiger partial charge on any atom is 0.255 e. The Hall–Kier alpha value is -2.10. The Morgan fingerprint density at radius 1 is 1.03 bits per heavy atom. The number of rotatable bonds is 3. The van der Waals surface area contributed by atoms with E-state index >= 15 is 0 Å². The zero-order valence-electron chi connectivity index (χ0n) is 18.1. The molecule has 0 atom stereocenters. The van der Waals surface area contributed by atoms with Gasteiger partial charge in [0.2, 0.25) is 0 Å². The number of benzene rings is 1. The fraction of sp³-hybridized carbons (Fsp3) is 0.600. The van der Waals surface area contributed by atoms with Crippen molar-refractivity contribution in [2.75, 3.05) is 0 Å². The van der Waals surface area contributed by atoms with E-state index in [1.807, 2.05) is 16.8 Å². The lowest BCUT2D eigenvalue weighted by atomic mass is 9.54. The number of amides is 1. The van der Waals surface area contributed by atoms with Gasteiger partial charge in [-0.15, -0.1) is 0 Å². The predicted molar refractivity (Wildman–Crippen MR) is 115 cm³/mol. The highest BCUT2D eigenvalue weighted by Crippen LogP contribution is 2.53. The van der Waals surface area contributed by atoms with Crippen LogP contribution in [-0.2, 0) is 5.41 Å². The van der Waals surface area contributed by atoms with Gasteiger partial charge in [0.05, 0.1) is 23.1 Å². The fourth-order valence-electron chi connectivity index (χ4n) is 6.61. The molecule has 4 fully saturated rings. The number of hydrogen-bond acceptors (Lipinski definition) is 2. The summed E-state index contributed by atoms with van der Waals surface area (Å²) in [6, 6.07) is 8.60. The van der Waals surface area contributed by atoms with E-state index in [2.05, 4.69) is 50.2 Å². The molecule has 2 aromatic rings. The van der Waals surface area contributed by atoms with Crippen molar-refractivity contribution < 1.29 is 4.79 Å². The molecule has 154 valence electrons. The van der Waals surface area contributed by atoms with Crippen LogP contribution in [0.15, 0.2) is 30.5 Å². The molecule has 6 rings (SSSR count). The van der Waals surface area contributed by atoms with Gasteiger partial charge in [-0.05, 0) is 74.3 Å². The standard InChI is InChI=1S/C25H33N3O/c1-15-7-5-6-8-21(15)28-23(25(2,3)4)20(14-26-28)24(29)27-22-18-10-16-9-17(12-18)13-19(22)11-16/h5-8,14,16-19,22H,9-13H2,1-4H3,(H,27,29). The summed E-state index contributed by atoms with van der Waals surface area (Å²) in [5.41, 5.74) is 3.75. The second-order valence-electron chi connectivity index (χ2n) is 10.8. The van der Waals surface area contributed by atoms with Crippen molar-refractivity contribution in [2.45, 2.75) is 71.3 Å². The van der Waals surface area contributed by atoms with Crippen LogP contribution in [0.4, 0.5) is 0 Å². The molecule has 1 heterocycles. The van der Waals surface area contributed by atoms with Crippen LogP contribution in [-0.4, -0.2) is 21.7 Å². The van der Waals surface area contributed by atoms with Crippen LogP contribution in [0, 0.1) is 30.6 Å². The summed E-state index contributed by atoms with van der Waals surface area (Å²) < 4.78 is 1.97.